The van der Waals surface area contributed by atoms with Gasteiger partial charge in [0.25, 0.3) is 0 Å². The van der Waals surface area contributed by atoms with Gasteiger partial charge in [-0.3, -0.25) is 0 Å². The average molecular weight is 334 g/mol. The number of hydrogen-bond acceptors (Lipinski definition) is 1. The first kappa shape index (κ1) is 11.5. The van der Waals surface area contributed by atoms with Crippen LogP contribution in [0.3, 0.4) is 0 Å². The van der Waals surface area contributed by atoms with E-state index in [-0.39, 0.29) is 0 Å². The molecule has 0 bridgehead atoms. The Hall–Kier alpha value is -0.0200. The molecule has 0 spiro atoms. The summed E-state index contributed by atoms with van der Waals surface area (Å²) in [5.41, 5.74) is 1.22. The standard InChI is InChI=1S/C12H14Br2O/c13-8-9-4-3-7-11(14)12(9)15-10-5-1-2-6-10/h3-4,7,10H,1-2,5-6,8H2. The Morgan fingerprint density at radius 3 is 2.67 bits per heavy atom. The average Bonchev–Trinajstić information content (AvgIpc) is 2.74. The molecule has 1 aromatic carbocycles. The van der Waals surface area contributed by atoms with Crippen LogP contribution in [0.1, 0.15) is 31.2 Å². The first-order valence-corrected chi connectivity index (χ1v) is 7.22. The number of halogens is 2. The summed E-state index contributed by atoms with van der Waals surface area (Å²) in [4.78, 5) is 0. The highest BCUT2D eigenvalue weighted by Gasteiger charge is 2.18. The summed E-state index contributed by atoms with van der Waals surface area (Å²) in [5.74, 6) is 1.02. The maximum Gasteiger partial charge on any atom is 0.137 e. The van der Waals surface area contributed by atoms with Crippen LogP contribution in [-0.4, -0.2) is 6.10 Å². The molecule has 82 valence electrons. The van der Waals surface area contributed by atoms with Crippen LogP contribution < -0.4 is 4.74 Å². The van der Waals surface area contributed by atoms with Crippen LogP contribution in [0.2, 0.25) is 0 Å². The van der Waals surface area contributed by atoms with Gasteiger partial charge in [0, 0.05) is 10.9 Å². The molecule has 1 aliphatic rings. The van der Waals surface area contributed by atoms with Crippen molar-refractivity contribution in [1.29, 1.82) is 0 Å². The SMILES string of the molecule is BrCc1cccc(Br)c1OC1CCCC1. The Labute approximate surface area is 107 Å². The van der Waals surface area contributed by atoms with Crippen molar-refractivity contribution in [1.82, 2.24) is 0 Å². The Kier molecular flexibility index (Phi) is 4.09. The van der Waals surface area contributed by atoms with Crippen molar-refractivity contribution in [3.63, 3.8) is 0 Å². The summed E-state index contributed by atoms with van der Waals surface area (Å²) in [6.07, 6.45) is 5.42. The van der Waals surface area contributed by atoms with Crippen molar-refractivity contribution in [2.45, 2.75) is 37.1 Å². The summed E-state index contributed by atoms with van der Waals surface area (Å²) in [7, 11) is 0. The largest absolute Gasteiger partial charge is 0.489 e. The lowest BCUT2D eigenvalue weighted by Crippen LogP contribution is -2.12. The van der Waals surface area contributed by atoms with E-state index in [1.165, 1.54) is 31.2 Å². The molecule has 2 rings (SSSR count). The van der Waals surface area contributed by atoms with Gasteiger partial charge in [-0.05, 0) is 47.7 Å². The van der Waals surface area contributed by atoms with Gasteiger partial charge in [0.15, 0.2) is 0 Å². The molecular weight excluding hydrogens is 320 g/mol. The number of benzene rings is 1. The summed E-state index contributed by atoms with van der Waals surface area (Å²) in [6, 6.07) is 6.18. The van der Waals surface area contributed by atoms with E-state index in [1.54, 1.807) is 0 Å². The van der Waals surface area contributed by atoms with Crippen LogP contribution in [0.15, 0.2) is 22.7 Å². The minimum absolute atomic E-state index is 0.418. The van der Waals surface area contributed by atoms with E-state index in [9.17, 15) is 0 Å². The lowest BCUT2D eigenvalue weighted by atomic mass is 10.2. The van der Waals surface area contributed by atoms with Crippen LogP contribution in [0, 0.1) is 0 Å². The molecular formula is C12H14Br2O. The molecule has 0 radical (unpaired) electrons. The summed E-state index contributed by atoms with van der Waals surface area (Å²) >= 11 is 7.04. The van der Waals surface area contributed by atoms with Crippen molar-refractivity contribution >= 4 is 31.9 Å². The van der Waals surface area contributed by atoms with Crippen molar-refractivity contribution in [2.24, 2.45) is 0 Å². The smallest absolute Gasteiger partial charge is 0.137 e. The number of ether oxygens (including phenoxy) is 1. The second-order valence-corrected chi connectivity index (χ2v) is 5.30. The fraction of sp³-hybridized carbons (Fsp3) is 0.500. The Balaban J connectivity index is 2.17. The van der Waals surface area contributed by atoms with Crippen molar-refractivity contribution < 1.29 is 4.74 Å². The quantitative estimate of drug-likeness (QED) is 0.731. The number of para-hydroxylation sites is 1. The predicted molar refractivity (Wildman–Crippen MR) is 69.7 cm³/mol. The highest BCUT2D eigenvalue weighted by molar-refractivity contribution is 9.10. The van der Waals surface area contributed by atoms with Gasteiger partial charge in [-0.2, -0.15) is 0 Å². The zero-order valence-electron chi connectivity index (χ0n) is 8.51. The first-order chi connectivity index (χ1) is 7.31. The molecule has 1 fully saturated rings. The van der Waals surface area contributed by atoms with Crippen LogP contribution >= 0.6 is 31.9 Å². The van der Waals surface area contributed by atoms with E-state index in [0.717, 1.165) is 15.6 Å². The molecule has 0 N–H and O–H groups in total. The zero-order valence-corrected chi connectivity index (χ0v) is 11.7. The minimum Gasteiger partial charge on any atom is -0.489 e. The molecule has 1 aromatic rings. The molecule has 0 amide bonds. The number of alkyl halides is 1. The van der Waals surface area contributed by atoms with Gasteiger partial charge in [0.2, 0.25) is 0 Å². The molecule has 0 heterocycles. The van der Waals surface area contributed by atoms with Gasteiger partial charge < -0.3 is 4.74 Å². The third kappa shape index (κ3) is 2.76. The summed E-state index contributed by atoms with van der Waals surface area (Å²) in [6.45, 7) is 0. The van der Waals surface area contributed by atoms with Crippen LogP contribution in [0.5, 0.6) is 5.75 Å². The normalized spacial score (nSPS) is 16.9. The van der Waals surface area contributed by atoms with Crippen LogP contribution in [0.4, 0.5) is 0 Å². The molecule has 0 aliphatic heterocycles. The number of rotatable bonds is 3. The molecule has 0 aromatic heterocycles. The highest BCUT2D eigenvalue weighted by atomic mass is 79.9. The first-order valence-electron chi connectivity index (χ1n) is 5.31. The van der Waals surface area contributed by atoms with Crippen LogP contribution in [-0.2, 0) is 5.33 Å². The molecule has 15 heavy (non-hydrogen) atoms. The van der Waals surface area contributed by atoms with E-state index in [4.69, 9.17) is 4.74 Å². The Bertz CT molecular complexity index is 332. The summed E-state index contributed by atoms with van der Waals surface area (Å²) < 4.78 is 7.11. The fourth-order valence-electron chi connectivity index (χ4n) is 1.96. The third-order valence-corrected chi connectivity index (χ3v) is 4.01. The van der Waals surface area contributed by atoms with Gasteiger partial charge in [-0.1, -0.05) is 28.1 Å². The lowest BCUT2D eigenvalue weighted by molar-refractivity contribution is 0.207. The molecule has 1 saturated carbocycles. The molecule has 0 saturated heterocycles. The van der Waals surface area contributed by atoms with Crippen molar-refractivity contribution in [3.05, 3.63) is 28.2 Å². The van der Waals surface area contributed by atoms with Crippen molar-refractivity contribution in [2.75, 3.05) is 0 Å². The van der Waals surface area contributed by atoms with E-state index < -0.39 is 0 Å². The molecule has 1 nitrogen and oxygen atoms in total. The van der Waals surface area contributed by atoms with E-state index >= 15 is 0 Å². The molecule has 3 heteroatoms. The molecule has 1 aliphatic carbocycles. The maximum absolute atomic E-state index is 6.05. The topological polar surface area (TPSA) is 9.23 Å². The van der Waals surface area contributed by atoms with Gasteiger partial charge in [0.1, 0.15) is 5.75 Å². The van der Waals surface area contributed by atoms with Gasteiger partial charge >= 0.3 is 0 Å². The van der Waals surface area contributed by atoms with Crippen LogP contribution in [0.25, 0.3) is 0 Å². The Morgan fingerprint density at radius 1 is 1.27 bits per heavy atom. The zero-order chi connectivity index (χ0) is 10.7. The van der Waals surface area contributed by atoms with E-state index in [1.807, 2.05) is 12.1 Å². The minimum atomic E-state index is 0.418. The van der Waals surface area contributed by atoms with Gasteiger partial charge in [0.05, 0.1) is 10.6 Å². The molecule has 0 atom stereocenters. The molecule has 0 unspecified atom stereocenters. The highest BCUT2D eigenvalue weighted by Crippen LogP contribution is 2.34. The van der Waals surface area contributed by atoms with E-state index in [0.29, 0.717) is 6.10 Å². The monoisotopic (exact) mass is 332 g/mol. The predicted octanol–water partition coefficient (Wildman–Crippen LogP) is 4.67. The maximum atomic E-state index is 6.05. The van der Waals surface area contributed by atoms with Crippen molar-refractivity contribution in [3.8, 4) is 5.75 Å². The fourth-order valence-corrected chi connectivity index (χ4v) is 2.91. The lowest BCUT2D eigenvalue weighted by Gasteiger charge is -2.17. The second-order valence-electron chi connectivity index (χ2n) is 3.89. The van der Waals surface area contributed by atoms with E-state index in [2.05, 4.69) is 37.9 Å². The Morgan fingerprint density at radius 2 is 2.00 bits per heavy atom. The van der Waals surface area contributed by atoms with Gasteiger partial charge in [-0.25, -0.2) is 0 Å². The van der Waals surface area contributed by atoms with Gasteiger partial charge in [-0.15, -0.1) is 0 Å². The second kappa shape index (κ2) is 5.35. The third-order valence-electron chi connectivity index (χ3n) is 2.78. The summed E-state index contributed by atoms with van der Waals surface area (Å²) in [5, 5.41) is 0.842. The number of hydrogen-bond donors (Lipinski definition) is 0.